The van der Waals surface area contributed by atoms with Gasteiger partial charge in [0.2, 0.25) is 0 Å². The van der Waals surface area contributed by atoms with Gasteiger partial charge in [0.25, 0.3) is 0 Å². The Labute approximate surface area is 388 Å². The molecule has 314 valence electrons. The van der Waals surface area contributed by atoms with Crippen LogP contribution in [0.5, 0.6) is 0 Å². The maximum atomic E-state index is 6.42. The van der Waals surface area contributed by atoms with Crippen LogP contribution in [0.3, 0.4) is 0 Å². The molecule has 0 unspecified atom stereocenters. The van der Waals surface area contributed by atoms with E-state index in [1.165, 1.54) is 54.8 Å². The van der Waals surface area contributed by atoms with Crippen LogP contribution in [0, 0.1) is 0 Å². The largest absolute Gasteiger partial charge is 0.456 e. The van der Waals surface area contributed by atoms with E-state index >= 15 is 0 Å². The Morgan fingerprint density at radius 2 is 0.821 bits per heavy atom. The van der Waals surface area contributed by atoms with Gasteiger partial charge in [0, 0.05) is 44.0 Å². The molecule has 13 rings (SSSR count). The first kappa shape index (κ1) is 38.5. The fraction of sp³-hybridized carbons (Fsp3) is 0. The summed E-state index contributed by atoms with van der Waals surface area (Å²) < 4.78 is 8.82. The Balaban J connectivity index is 1.09. The molecule has 0 saturated carbocycles. The first-order chi connectivity index (χ1) is 33.3. The summed E-state index contributed by atoms with van der Waals surface area (Å²) in [7, 11) is 0. The Morgan fingerprint density at radius 1 is 0.313 bits per heavy atom. The molecule has 0 aliphatic carbocycles. The van der Waals surface area contributed by atoms with Crippen molar-refractivity contribution < 1.29 is 4.42 Å². The molecule has 11 aromatic carbocycles. The lowest BCUT2D eigenvalue weighted by molar-refractivity contribution is 0.669. The topological polar surface area (TPSA) is 21.3 Å². The van der Waals surface area contributed by atoms with Crippen molar-refractivity contribution in [3.8, 4) is 50.2 Å². The van der Waals surface area contributed by atoms with Gasteiger partial charge in [0.15, 0.2) is 0 Å². The van der Waals surface area contributed by atoms with Crippen molar-refractivity contribution in [2.75, 3.05) is 4.90 Å². The SMILES string of the molecule is c1ccc(-c2cccc3cccc(-c4ccccc4N(c4cccc(-c5cccc6oc7ccccc7c56)c4)c4ccccc4-c4cccc5c4c4ccccc4n5-c4ccccc4)c23)cc1. The Bertz CT molecular complexity index is 3990. The van der Waals surface area contributed by atoms with E-state index in [1.54, 1.807) is 0 Å². The molecule has 0 atom stereocenters. The lowest BCUT2D eigenvalue weighted by Crippen LogP contribution is -2.12. The van der Waals surface area contributed by atoms with Crippen LogP contribution in [0.15, 0.2) is 259 Å². The third-order valence-corrected chi connectivity index (χ3v) is 13.4. The summed E-state index contributed by atoms with van der Waals surface area (Å²) in [4.78, 5) is 2.49. The molecule has 67 heavy (non-hydrogen) atoms. The highest BCUT2D eigenvalue weighted by atomic mass is 16.3. The van der Waals surface area contributed by atoms with E-state index in [4.69, 9.17) is 4.42 Å². The number of hydrogen-bond donors (Lipinski definition) is 0. The standard InChI is InChI=1S/C64H42N2O/c1-3-20-43(21-4-1)48-32-16-22-44-23-17-34-52(62(44)48)50-28-7-11-36-56(50)66(47-27-15-24-45(42-47)49-33-19-41-61-64(49)55-31-10-14-40-60(55)67-61)57-37-12-8-29-51(57)53-35-18-39-59-63(53)54-30-9-13-38-58(54)65(59)46-25-5-2-6-26-46/h1-42H. The highest BCUT2D eigenvalue weighted by Gasteiger charge is 2.25. The van der Waals surface area contributed by atoms with E-state index in [0.717, 1.165) is 66.9 Å². The van der Waals surface area contributed by atoms with E-state index in [9.17, 15) is 0 Å². The second-order valence-corrected chi connectivity index (χ2v) is 17.2. The number of benzene rings is 11. The normalized spacial score (nSPS) is 11.6. The lowest BCUT2D eigenvalue weighted by Gasteiger charge is -2.31. The van der Waals surface area contributed by atoms with Crippen LogP contribution in [0.2, 0.25) is 0 Å². The van der Waals surface area contributed by atoms with Crippen LogP contribution in [0.25, 0.3) is 105 Å². The van der Waals surface area contributed by atoms with Gasteiger partial charge in [-0.2, -0.15) is 0 Å². The predicted octanol–water partition coefficient (Wildman–Crippen LogP) is 18.0. The Hall–Kier alpha value is -8.92. The van der Waals surface area contributed by atoms with Crippen LogP contribution in [0.1, 0.15) is 0 Å². The average Bonchev–Trinajstić information content (AvgIpc) is 3.96. The summed E-state index contributed by atoms with van der Waals surface area (Å²) in [6.07, 6.45) is 0. The molecule has 0 fully saturated rings. The summed E-state index contributed by atoms with van der Waals surface area (Å²) >= 11 is 0. The third kappa shape index (κ3) is 6.35. The van der Waals surface area contributed by atoms with Gasteiger partial charge in [-0.1, -0.05) is 194 Å². The maximum absolute atomic E-state index is 6.42. The fourth-order valence-corrected chi connectivity index (χ4v) is 10.6. The van der Waals surface area contributed by atoms with Crippen molar-refractivity contribution in [1.29, 1.82) is 0 Å². The van der Waals surface area contributed by atoms with Gasteiger partial charge in [-0.05, 0) is 105 Å². The monoisotopic (exact) mass is 854 g/mol. The second-order valence-electron chi connectivity index (χ2n) is 17.2. The number of rotatable bonds is 8. The van der Waals surface area contributed by atoms with Gasteiger partial charge < -0.3 is 13.9 Å². The zero-order chi connectivity index (χ0) is 44.3. The molecule has 2 heterocycles. The molecule has 2 aromatic heterocycles. The van der Waals surface area contributed by atoms with Gasteiger partial charge >= 0.3 is 0 Å². The van der Waals surface area contributed by atoms with Crippen molar-refractivity contribution in [3.05, 3.63) is 255 Å². The van der Waals surface area contributed by atoms with Crippen LogP contribution in [-0.2, 0) is 0 Å². The number of fused-ring (bicyclic) bond motifs is 7. The smallest absolute Gasteiger partial charge is 0.136 e. The van der Waals surface area contributed by atoms with Crippen LogP contribution in [-0.4, -0.2) is 4.57 Å². The minimum absolute atomic E-state index is 0.879. The molecule has 0 bridgehead atoms. The molecule has 0 amide bonds. The molecule has 13 aromatic rings. The van der Waals surface area contributed by atoms with Crippen molar-refractivity contribution >= 4 is 71.6 Å². The third-order valence-electron chi connectivity index (χ3n) is 13.4. The number of aromatic nitrogens is 1. The molecule has 0 aliphatic rings. The number of nitrogens with zero attached hydrogens (tertiary/aromatic N) is 2. The van der Waals surface area contributed by atoms with E-state index in [0.29, 0.717) is 0 Å². The molecule has 0 spiro atoms. The molecule has 0 saturated heterocycles. The van der Waals surface area contributed by atoms with Crippen molar-refractivity contribution in [2.45, 2.75) is 0 Å². The van der Waals surface area contributed by atoms with Gasteiger partial charge in [-0.15, -0.1) is 0 Å². The number of furan rings is 1. The summed E-state index contributed by atoms with van der Waals surface area (Å²) in [5.41, 5.74) is 17.7. The van der Waals surface area contributed by atoms with E-state index in [-0.39, 0.29) is 0 Å². The van der Waals surface area contributed by atoms with Crippen LogP contribution < -0.4 is 4.90 Å². The average molecular weight is 855 g/mol. The first-order valence-electron chi connectivity index (χ1n) is 22.9. The highest BCUT2D eigenvalue weighted by molar-refractivity contribution is 6.18. The molecule has 0 aliphatic heterocycles. The number of hydrogen-bond acceptors (Lipinski definition) is 2. The Kier molecular flexibility index (Phi) is 9.17. The van der Waals surface area contributed by atoms with Crippen molar-refractivity contribution in [3.63, 3.8) is 0 Å². The predicted molar refractivity (Wildman–Crippen MR) is 282 cm³/mol. The number of anilines is 3. The molecular weight excluding hydrogens is 813 g/mol. The van der Waals surface area contributed by atoms with Gasteiger partial charge in [0.05, 0.1) is 22.4 Å². The quantitative estimate of drug-likeness (QED) is 0.152. The summed E-state index contributed by atoms with van der Waals surface area (Å²) in [6.45, 7) is 0. The maximum Gasteiger partial charge on any atom is 0.136 e. The van der Waals surface area contributed by atoms with Gasteiger partial charge in [-0.3, -0.25) is 0 Å². The molecule has 0 N–H and O–H groups in total. The van der Waals surface area contributed by atoms with E-state index in [1.807, 2.05) is 6.07 Å². The highest BCUT2D eigenvalue weighted by Crippen LogP contribution is 2.50. The summed E-state index contributed by atoms with van der Waals surface area (Å²) in [5.74, 6) is 0. The zero-order valence-corrected chi connectivity index (χ0v) is 36.6. The summed E-state index contributed by atoms with van der Waals surface area (Å²) in [6, 6.07) is 92.1. The van der Waals surface area contributed by atoms with Crippen LogP contribution >= 0.6 is 0 Å². The minimum atomic E-state index is 0.879. The molecule has 3 nitrogen and oxygen atoms in total. The van der Waals surface area contributed by atoms with E-state index in [2.05, 4.69) is 258 Å². The minimum Gasteiger partial charge on any atom is -0.456 e. The van der Waals surface area contributed by atoms with E-state index < -0.39 is 0 Å². The molecular formula is C64H42N2O. The summed E-state index contributed by atoms with van der Waals surface area (Å²) in [5, 5.41) is 7.08. The molecule has 3 heteroatoms. The Morgan fingerprint density at radius 3 is 1.58 bits per heavy atom. The van der Waals surface area contributed by atoms with Crippen molar-refractivity contribution in [2.24, 2.45) is 0 Å². The zero-order valence-electron chi connectivity index (χ0n) is 36.6. The van der Waals surface area contributed by atoms with Gasteiger partial charge in [0.1, 0.15) is 11.2 Å². The first-order valence-corrected chi connectivity index (χ1v) is 22.9. The second kappa shape index (κ2) is 16.0. The van der Waals surface area contributed by atoms with Gasteiger partial charge in [-0.25, -0.2) is 0 Å². The number of para-hydroxylation sites is 5. The molecule has 0 radical (unpaired) electrons. The fourth-order valence-electron chi connectivity index (χ4n) is 10.6. The van der Waals surface area contributed by atoms with Crippen molar-refractivity contribution in [1.82, 2.24) is 4.57 Å². The lowest BCUT2D eigenvalue weighted by atomic mass is 9.90. The van der Waals surface area contributed by atoms with Crippen LogP contribution in [0.4, 0.5) is 17.1 Å².